The average Bonchev–Trinajstić information content (AvgIpc) is 2.93. The van der Waals surface area contributed by atoms with E-state index in [-0.39, 0.29) is 22.6 Å². The molecule has 0 saturated carbocycles. The molecule has 2 N–H and O–H groups in total. The monoisotopic (exact) mass is 385 g/mol. The summed E-state index contributed by atoms with van der Waals surface area (Å²) in [6, 6.07) is 8.65. The third kappa shape index (κ3) is 3.31. The maximum Gasteiger partial charge on any atom is 0.295 e. The van der Waals surface area contributed by atoms with Gasteiger partial charge in [-0.1, -0.05) is 13.0 Å². The molecule has 3 rings (SSSR count). The zero-order valence-electron chi connectivity index (χ0n) is 15.5. The lowest BCUT2D eigenvalue weighted by molar-refractivity contribution is -0.139. The van der Waals surface area contributed by atoms with E-state index in [0.29, 0.717) is 18.5 Å². The summed E-state index contributed by atoms with van der Waals surface area (Å²) >= 11 is 0. The molecule has 1 atom stereocenters. The van der Waals surface area contributed by atoms with Crippen LogP contribution in [0.25, 0.3) is 5.76 Å². The van der Waals surface area contributed by atoms with Crippen LogP contribution >= 0.6 is 0 Å². The Morgan fingerprint density at radius 1 is 1.18 bits per heavy atom. The van der Waals surface area contributed by atoms with Gasteiger partial charge in [-0.15, -0.1) is 0 Å². The number of carbonyl (C=O) groups is 2. The fraction of sp³-hybridized carbons (Fsp3) is 0.238. The Morgan fingerprint density at radius 3 is 2.43 bits per heavy atom. The lowest BCUT2D eigenvalue weighted by atomic mass is 9.95. The molecule has 0 spiro atoms. The predicted molar refractivity (Wildman–Crippen MR) is 100 cm³/mol. The van der Waals surface area contributed by atoms with Gasteiger partial charge >= 0.3 is 0 Å². The summed E-state index contributed by atoms with van der Waals surface area (Å²) in [5, 5.41) is 20.9. The van der Waals surface area contributed by atoms with Crippen molar-refractivity contribution in [2.24, 2.45) is 0 Å². The van der Waals surface area contributed by atoms with Crippen LogP contribution in [0.4, 0.5) is 4.39 Å². The highest BCUT2D eigenvalue weighted by Gasteiger charge is 2.45. The number of rotatable bonds is 5. The summed E-state index contributed by atoms with van der Waals surface area (Å²) in [5.41, 5.74) is 0.572. The summed E-state index contributed by atoms with van der Waals surface area (Å²) < 4.78 is 18.3. The van der Waals surface area contributed by atoms with Gasteiger partial charge in [0.2, 0.25) is 0 Å². The van der Waals surface area contributed by atoms with Gasteiger partial charge in [-0.3, -0.25) is 9.59 Å². The molecule has 146 valence electrons. The highest BCUT2D eigenvalue weighted by atomic mass is 19.1. The first-order chi connectivity index (χ1) is 13.4. The minimum atomic E-state index is -0.873. The van der Waals surface area contributed by atoms with Crippen molar-refractivity contribution in [1.29, 1.82) is 0 Å². The lowest BCUT2D eigenvalue weighted by Crippen LogP contribution is -2.30. The Morgan fingerprint density at radius 2 is 1.86 bits per heavy atom. The van der Waals surface area contributed by atoms with E-state index >= 15 is 0 Å². The van der Waals surface area contributed by atoms with E-state index in [4.69, 9.17) is 4.74 Å². The number of aliphatic hydroxyl groups excluding tert-OH is 1. The third-order valence-corrected chi connectivity index (χ3v) is 4.64. The number of hydrogen-bond donors (Lipinski definition) is 2. The van der Waals surface area contributed by atoms with Crippen LogP contribution in [-0.2, 0) is 9.59 Å². The van der Waals surface area contributed by atoms with E-state index in [1.165, 1.54) is 36.3 Å². The normalized spacial score (nSPS) is 18.5. The number of methoxy groups -OCH3 is 1. The zero-order valence-corrected chi connectivity index (χ0v) is 15.5. The molecule has 0 aromatic heterocycles. The summed E-state index contributed by atoms with van der Waals surface area (Å²) in [6.07, 6.45) is 0.599. The van der Waals surface area contributed by atoms with Gasteiger partial charge in [0, 0.05) is 12.1 Å². The number of ether oxygens (including phenoxy) is 1. The molecule has 2 aromatic rings. The molecule has 0 radical (unpaired) electrons. The van der Waals surface area contributed by atoms with Crippen LogP contribution in [0.1, 0.15) is 30.5 Å². The van der Waals surface area contributed by atoms with Crippen LogP contribution in [0.3, 0.4) is 0 Å². The second-order valence-corrected chi connectivity index (χ2v) is 6.43. The van der Waals surface area contributed by atoms with E-state index in [0.717, 1.165) is 12.1 Å². The van der Waals surface area contributed by atoms with Crippen LogP contribution in [0.15, 0.2) is 48.0 Å². The maximum absolute atomic E-state index is 13.2. The molecule has 1 fully saturated rings. The van der Waals surface area contributed by atoms with Gasteiger partial charge in [0.1, 0.15) is 11.6 Å². The number of ketones is 1. The van der Waals surface area contributed by atoms with Gasteiger partial charge in [0.15, 0.2) is 11.5 Å². The number of aliphatic hydroxyl groups is 1. The van der Waals surface area contributed by atoms with Gasteiger partial charge in [-0.25, -0.2) is 4.39 Å². The number of nitrogens with zero attached hydrogens (tertiary/aromatic N) is 1. The smallest absolute Gasteiger partial charge is 0.295 e. The Kier molecular flexibility index (Phi) is 5.35. The molecule has 0 aliphatic carbocycles. The molecule has 1 unspecified atom stereocenters. The first-order valence-electron chi connectivity index (χ1n) is 8.80. The molecule has 1 aliphatic rings. The fourth-order valence-electron chi connectivity index (χ4n) is 3.34. The molecule has 1 aliphatic heterocycles. The highest BCUT2D eigenvalue weighted by molar-refractivity contribution is 6.46. The minimum absolute atomic E-state index is 0.102. The maximum atomic E-state index is 13.2. The number of hydrogen-bond acceptors (Lipinski definition) is 5. The number of halogens is 1. The van der Waals surface area contributed by atoms with Gasteiger partial charge in [-0.2, -0.15) is 0 Å². The highest BCUT2D eigenvalue weighted by Crippen LogP contribution is 2.41. The van der Waals surface area contributed by atoms with Gasteiger partial charge < -0.3 is 19.8 Å². The van der Waals surface area contributed by atoms with Crippen molar-refractivity contribution >= 4 is 17.4 Å². The molecule has 1 saturated heterocycles. The largest absolute Gasteiger partial charge is 0.507 e. The first kappa shape index (κ1) is 19.4. The molecule has 2 aromatic carbocycles. The molecule has 0 bridgehead atoms. The quantitative estimate of drug-likeness (QED) is 0.468. The number of carbonyl (C=O) groups excluding carboxylic acids is 2. The summed E-state index contributed by atoms with van der Waals surface area (Å²) in [7, 11) is 1.41. The molecular weight excluding hydrogens is 365 g/mol. The van der Waals surface area contributed by atoms with Crippen molar-refractivity contribution < 1.29 is 28.9 Å². The second kappa shape index (κ2) is 7.72. The zero-order chi connectivity index (χ0) is 20.4. The minimum Gasteiger partial charge on any atom is -0.507 e. The van der Waals surface area contributed by atoms with Crippen molar-refractivity contribution in [2.45, 2.75) is 19.4 Å². The standard InChI is InChI=1S/C21H20FNO5/c1-3-10-23-18(13-6-9-16(28-2)15(24)11-13)17(20(26)21(23)27)19(25)12-4-7-14(22)8-5-12/h4-9,11,18,24-25H,3,10H2,1-2H3/b19-17-. The van der Waals surface area contributed by atoms with E-state index in [1.807, 2.05) is 6.92 Å². The number of amides is 1. The topological polar surface area (TPSA) is 87.1 Å². The van der Waals surface area contributed by atoms with Crippen molar-refractivity contribution in [3.05, 3.63) is 65.0 Å². The predicted octanol–water partition coefficient (Wildman–Crippen LogP) is 3.37. The average molecular weight is 385 g/mol. The molecule has 6 nitrogen and oxygen atoms in total. The van der Waals surface area contributed by atoms with E-state index < -0.39 is 29.3 Å². The van der Waals surface area contributed by atoms with Crippen LogP contribution < -0.4 is 4.74 Å². The number of Topliss-reactive ketones (excluding diaryl/α,β-unsaturated/α-hetero) is 1. The van der Waals surface area contributed by atoms with Crippen LogP contribution in [0.2, 0.25) is 0 Å². The SMILES string of the molecule is CCCN1C(=O)C(=O)/C(=C(\O)c2ccc(F)cc2)C1c1ccc(OC)c(O)c1. The second-order valence-electron chi connectivity index (χ2n) is 6.43. The summed E-state index contributed by atoms with van der Waals surface area (Å²) in [5.74, 6) is -2.34. The Labute approximate surface area is 161 Å². The van der Waals surface area contributed by atoms with Crippen LogP contribution in [0.5, 0.6) is 11.5 Å². The van der Waals surface area contributed by atoms with Gasteiger partial charge in [0.05, 0.1) is 18.7 Å². The Bertz CT molecular complexity index is 952. The molecule has 1 amide bonds. The lowest BCUT2D eigenvalue weighted by Gasteiger charge is -2.25. The molecular formula is C21H20FNO5. The van der Waals surface area contributed by atoms with E-state index in [9.17, 15) is 24.2 Å². The van der Waals surface area contributed by atoms with Crippen LogP contribution in [0, 0.1) is 5.82 Å². The van der Waals surface area contributed by atoms with Gasteiger partial charge in [0.25, 0.3) is 11.7 Å². The molecule has 1 heterocycles. The Hall–Kier alpha value is -3.35. The number of phenols is 1. The number of benzene rings is 2. The van der Waals surface area contributed by atoms with E-state index in [1.54, 1.807) is 6.07 Å². The van der Waals surface area contributed by atoms with Gasteiger partial charge in [-0.05, 0) is 48.4 Å². The van der Waals surface area contributed by atoms with Crippen molar-refractivity contribution in [1.82, 2.24) is 4.90 Å². The number of aromatic hydroxyl groups is 1. The summed E-state index contributed by atoms with van der Waals surface area (Å²) in [4.78, 5) is 26.6. The first-order valence-corrected chi connectivity index (χ1v) is 8.80. The van der Waals surface area contributed by atoms with Crippen LogP contribution in [-0.4, -0.2) is 40.5 Å². The third-order valence-electron chi connectivity index (χ3n) is 4.64. The van der Waals surface area contributed by atoms with Crippen molar-refractivity contribution in [3.63, 3.8) is 0 Å². The molecule has 7 heteroatoms. The number of likely N-dealkylation sites (tertiary alicyclic amines) is 1. The van der Waals surface area contributed by atoms with Crippen molar-refractivity contribution in [2.75, 3.05) is 13.7 Å². The number of phenolic OH excluding ortho intramolecular Hbond substituents is 1. The Balaban J connectivity index is 2.19. The van der Waals surface area contributed by atoms with E-state index in [2.05, 4.69) is 0 Å². The molecule has 28 heavy (non-hydrogen) atoms. The van der Waals surface area contributed by atoms with Crippen molar-refractivity contribution in [3.8, 4) is 11.5 Å². The fourth-order valence-corrected chi connectivity index (χ4v) is 3.34. The summed E-state index contributed by atoms with van der Waals surface area (Å²) in [6.45, 7) is 2.16.